The predicted octanol–water partition coefficient (Wildman–Crippen LogP) is 2.67. The van der Waals surface area contributed by atoms with Crippen molar-refractivity contribution in [3.8, 4) is 0 Å². The van der Waals surface area contributed by atoms with Crippen LogP contribution in [0.5, 0.6) is 0 Å². The summed E-state index contributed by atoms with van der Waals surface area (Å²) < 4.78 is 0. The first-order valence-electron chi connectivity index (χ1n) is 8.12. The molecule has 2 heterocycles. The van der Waals surface area contributed by atoms with Gasteiger partial charge >= 0.3 is 0 Å². The molecular formula is C17H30N2O2. The zero-order valence-electron chi connectivity index (χ0n) is 14.5. The van der Waals surface area contributed by atoms with Crippen molar-refractivity contribution in [1.29, 1.82) is 0 Å². The van der Waals surface area contributed by atoms with Gasteiger partial charge in [0.2, 0.25) is 11.8 Å². The molecule has 4 nitrogen and oxygen atoms in total. The molecule has 2 amide bonds. The van der Waals surface area contributed by atoms with E-state index in [2.05, 4.69) is 13.8 Å². The second-order valence-electron chi connectivity index (χ2n) is 8.16. The van der Waals surface area contributed by atoms with E-state index in [9.17, 15) is 9.59 Å². The van der Waals surface area contributed by atoms with Crippen LogP contribution in [0, 0.1) is 10.8 Å². The summed E-state index contributed by atoms with van der Waals surface area (Å²) in [5.74, 6) is 0.243. The Kier molecular flexibility index (Phi) is 3.88. The Bertz CT molecular complexity index is 450. The molecule has 0 bridgehead atoms. The summed E-state index contributed by atoms with van der Waals surface area (Å²) in [6.45, 7) is 11.7. The number of amides is 2. The third-order valence-corrected chi connectivity index (χ3v) is 6.03. The van der Waals surface area contributed by atoms with E-state index in [1.807, 2.05) is 37.6 Å². The normalized spacial score (nSPS) is 29.9. The first-order chi connectivity index (χ1) is 9.54. The van der Waals surface area contributed by atoms with Gasteiger partial charge in [-0.3, -0.25) is 9.59 Å². The molecule has 0 spiro atoms. The summed E-state index contributed by atoms with van der Waals surface area (Å²) in [6.07, 6.45) is 4.09. The van der Waals surface area contributed by atoms with E-state index in [1.165, 1.54) is 6.42 Å². The second kappa shape index (κ2) is 4.99. The lowest BCUT2D eigenvalue weighted by atomic mass is 9.63. The molecule has 0 aromatic carbocycles. The Balaban J connectivity index is 2.29. The van der Waals surface area contributed by atoms with Gasteiger partial charge in [-0.1, -0.05) is 0 Å². The zero-order chi connectivity index (χ0) is 16.1. The maximum Gasteiger partial charge on any atom is 0.229 e. The molecule has 0 aliphatic carbocycles. The van der Waals surface area contributed by atoms with Gasteiger partial charge in [-0.15, -0.1) is 0 Å². The molecule has 0 aromatic rings. The summed E-state index contributed by atoms with van der Waals surface area (Å²) >= 11 is 0. The SMILES string of the molecule is CN1C(=O)C(C)(C(C)(C)C(=O)N2CCCCC2)CC1(C)C. The molecule has 120 valence electrons. The summed E-state index contributed by atoms with van der Waals surface area (Å²) in [5.41, 5.74) is -1.48. The van der Waals surface area contributed by atoms with E-state index < -0.39 is 10.8 Å². The molecule has 2 fully saturated rings. The summed E-state index contributed by atoms with van der Waals surface area (Å²) in [5, 5.41) is 0. The van der Waals surface area contributed by atoms with E-state index >= 15 is 0 Å². The molecule has 1 unspecified atom stereocenters. The van der Waals surface area contributed by atoms with Gasteiger partial charge in [-0.25, -0.2) is 0 Å². The van der Waals surface area contributed by atoms with Crippen molar-refractivity contribution in [2.75, 3.05) is 20.1 Å². The van der Waals surface area contributed by atoms with E-state index in [0.717, 1.165) is 32.4 Å². The van der Waals surface area contributed by atoms with Gasteiger partial charge in [-0.2, -0.15) is 0 Å². The Morgan fingerprint density at radius 3 is 2.05 bits per heavy atom. The van der Waals surface area contributed by atoms with Crippen LogP contribution in [0.4, 0.5) is 0 Å². The molecule has 1 atom stereocenters. The minimum absolute atomic E-state index is 0.0999. The van der Waals surface area contributed by atoms with Gasteiger partial charge in [0.25, 0.3) is 0 Å². The lowest BCUT2D eigenvalue weighted by Gasteiger charge is -2.42. The van der Waals surface area contributed by atoms with Gasteiger partial charge in [-0.05, 0) is 60.3 Å². The molecular weight excluding hydrogens is 264 g/mol. The smallest absolute Gasteiger partial charge is 0.229 e. The highest BCUT2D eigenvalue weighted by Gasteiger charge is 2.61. The van der Waals surface area contributed by atoms with E-state index in [1.54, 1.807) is 0 Å². The summed E-state index contributed by atoms with van der Waals surface area (Å²) in [6, 6.07) is 0. The average Bonchev–Trinajstić information content (AvgIpc) is 2.60. The molecule has 2 aliphatic rings. The highest BCUT2D eigenvalue weighted by Crippen LogP contribution is 2.53. The standard InChI is InChI=1S/C17H30N2O2/c1-15(2)12-17(5,14(21)18(15)6)16(3,4)13(20)19-10-8-7-9-11-19/h7-12H2,1-6H3. The third-order valence-electron chi connectivity index (χ3n) is 6.03. The van der Waals surface area contributed by atoms with Crippen LogP contribution >= 0.6 is 0 Å². The van der Waals surface area contributed by atoms with Crippen molar-refractivity contribution in [2.24, 2.45) is 10.8 Å². The number of carbonyl (C=O) groups excluding carboxylic acids is 2. The Morgan fingerprint density at radius 2 is 1.62 bits per heavy atom. The van der Waals surface area contributed by atoms with Gasteiger partial charge in [0.1, 0.15) is 0 Å². The number of nitrogens with zero attached hydrogens (tertiary/aromatic N) is 2. The lowest BCUT2D eigenvalue weighted by Crippen LogP contribution is -2.53. The van der Waals surface area contributed by atoms with Crippen molar-refractivity contribution >= 4 is 11.8 Å². The highest BCUT2D eigenvalue weighted by atomic mass is 16.2. The molecule has 2 aliphatic heterocycles. The Morgan fingerprint density at radius 1 is 1.10 bits per heavy atom. The van der Waals surface area contributed by atoms with Crippen molar-refractivity contribution in [1.82, 2.24) is 9.80 Å². The Labute approximate surface area is 128 Å². The molecule has 4 heteroatoms. The molecule has 2 rings (SSSR count). The van der Waals surface area contributed by atoms with Gasteiger partial charge in [0.15, 0.2) is 0 Å². The molecule has 2 saturated heterocycles. The highest BCUT2D eigenvalue weighted by molar-refractivity contribution is 5.94. The van der Waals surface area contributed by atoms with E-state index in [4.69, 9.17) is 0 Å². The molecule has 0 aromatic heterocycles. The number of carbonyl (C=O) groups is 2. The van der Waals surface area contributed by atoms with E-state index in [0.29, 0.717) is 0 Å². The van der Waals surface area contributed by atoms with Crippen molar-refractivity contribution in [3.63, 3.8) is 0 Å². The first kappa shape index (κ1) is 16.3. The molecule has 0 N–H and O–H groups in total. The van der Waals surface area contributed by atoms with Crippen LogP contribution < -0.4 is 0 Å². The molecule has 21 heavy (non-hydrogen) atoms. The van der Waals surface area contributed by atoms with Crippen molar-refractivity contribution in [3.05, 3.63) is 0 Å². The number of likely N-dealkylation sites (tertiary alicyclic amines) is 2. The number of hydrogen-bond acceptors (Lipinski definition) is 2. The van der Waals surface area contributed by atoms with Crippen molar-refractivity contribution in [2.45, 2.75) is 65.8 Å². The van der Waals surface area contributed by atoms with Crippen LogP contribution in [0.3, 0.4) is 0 Å². The fourth-order valence-electron chi connectivity index (χ4n) is 3.92. The van der Waals surface area contributed by atoms with Crippen LogP contribution in [0.1, 0.15) is 60.3 Å². The maximum atomic E-state index is 13.0. The summed E-state index contributed by atoms with van der Waals surface area (Å²) in [4.78, 5) is 29.6. The Hall–Kier alpha value is -1.06. The zero-order valence-corrected chi connectivity index (χ0v) is 14.5. The largest absolute Gasteiger partial charge is 0.342 e. The quantitative estimate of drug-likeness (QED) is 0.785. The van der Waals surface area contributed by atoms with Crippen LogP contribution in [-0.4, -0.2) is 47.3 Å². The van der Waals surface area contributed by atoms with Gasteiger partial charge < -0.3 is 9.80 Å². The minimum Gasteiger partial charge on any atom is -0.342 e. The average molecular weight is 294 g/mol. The predicted molar refractivity (Wildman–Crippen MR) is 83.8 cm³/mol. The fourth-order valence-corrected chi connectivity index (χ4v) is 3.92. The van der Waals surface area contributed by atoms with Crippen LogP contribution in [0.2, 0.25) is 0 Å². The lowest BCUT2D eigenvalue weighted by molar-refractivity contribution is -0.156. The van der Waals surface area contributed by atoms with Crippen molar-refractivity contribution < 1.29 is 9.59 Å². The second-order valence-corrected chi connectivity index (χ2v) is 8.16. The van der Waals surface area contributed by atoms with Crippen LogP contribution in [0.15, 0.2) is 0 Å². The number of piperidine rings is 1. The summed E-state index contributed by atoms with van der Waals surface area (Å²) in [7, 11) is 1.86. The molecule has 0 radical (unpaired) electrons. The first-order valence-corrected chi connectivity index (χ1v) is 8.12. The van der Waals surface area contributed by atoms with E-state index in [-0.39, 0.29) is 17.4 Å². The monoisotopic (exact) mass is 294 g/mol. The van der Waals surface area contributed by atoms with Crippen LogP contribution in [-0.2, 0) is 9.59 Å². The maximum absolute atomic E-state index is 13.0. The van der Waals surface area contributed by atoms with Crippen LogP contribution in [0.25, 0.3) is 0 Å². The topological polar surface area (TPSA) is 40.6 Å². The molecule has 0 saturated carbocycles. The van der Waals surface area contributed by atoms with Gasteiger partial charge in [0, 0.05) is 25.7 Å². The fraction of sp³-hybridized carbons (Fsp3) is 0.882. The number of hydrogen-bond donors (Lipinski definition) is 0. The minimum atomic E-state index is -0.663. The number of rotatable bonds is 2. The third kappa shape index (κ3) is 2.36. The van der Waals surface area contributed by atoms with Gasteiger partial charge in [0.05, 0.1) is 10.8 Å².